The molecule has 0 saturated heterocycles. The van der Waals surface area contributed by atoms with E-state index in [-0.39, 0.29) is 11.9 Å². The lowest BCUT2D eigenvalue weighted by atomic mass is 9.99. The summed E-state index contributed by atoms with van der Waals surface area (Å²) in [6, 6.07) is 0.215. The number of aromatic nitrogens is 1. The van der Waals surface area contributed by atoms with Crippen LogP contribution in [-0.2, 0) is 11.3 Å². The fourth-order valence-corrected chi connectivity index (χ4v) is 3.31. The van der Waals surface area contributed by atoms with Crippen LogP contribution in [0.2, 0.25) is 0 Å². The SMILES string of the molecule is Cc1ncsc1CN(C)C(=O)C[C@@H]1CCC[C@H]1N. The van der Waals surface area contributed by atoms with E-state index in [1.807, 2.05) is 19.5 Å². The number of nitrogens with two attached hydrogens (primary N) is 1. The first-order valence-electron chi connectivity index (χ1n) is 6.46. The van der Waals surface area contributed by atoms with Crippen LogP contribution in [0.1, 0.15) is 36.3 Å². The first-order chi connectivity index (χ1) is 8.58. The third kappa shape index (κ3) is 3.09. The lowest BCUT2D eigenvalue weighted by Gasteiger charge is -2.20. The first kappa shape index (κ1) is 13.5. The number of carbonyl (C=O) groups excluding carboxylic acids is 1. The van der Waals surface area contributed by atoms with Crippen LogP contribution >= 0.6 is 11.3 Å². The Kier molecular flexibility index (Phi) is 4.35. The lowest BCUT2D eigenvalue weighted by molar-refractivity contribution is -0.131. The molecule has 0 spiro atoms. The number of aryl methyl sites for hydroxylation is 1. The summed E-state index contributed by atoms with van der Waals surface area (Å²) in [7, 11) is 1.86. The number of carbonyl (C=O) groups is 1. The maximum absolute atomic E-state index is 12.1. The van der Waals surface area contributed by atoms with E-state index < -0.39 is 0 Å². The third-order valence-corrected chi connectivity index (χ3v) is 4.73. The largest absolute Gasteiger partial charge is 0.341 e. The summed E-state index contributed by atoms with van der Waals surface area (Å²) in [5.74, 6) is 0.577. The van der Waals surface area contributed by atoms with Gasteiger partial charge >= 0.3 is 0 Å². The molecule has 5 heteroatoms. The Labute approximate surface area is 112 Å². The van der Waals surface area contributed by atoms with Gasteiger partial charge in [0.2, 0.25) is 5.91 Å². The van der Waals surface area contributed by atoms with Crippen LogP contribution in [0.4, 0.5) is 0 Å². The Morgan fingerprint density at radius 1 is 1.61 bits per heavy atom. The van der Waals surface area contributed by atoms with Crippen molar-refractivity contribution in [1.82, 2.24) is 9.88 Å². The molecule has 1 fully saturated rings. The molecule has 1 saturated carbocycles. The molecule has 1 aromatic heterocycles. The minimum atomic E-state index is 0.199. The van der Waals surface area contributed by atoms with E-state index in [0.717, 1.165) is 25.0 Å². The van der Waals surface area contributed by atoms with Gasteiger partial charge in [-0.25, -0.2) is 4.98 Å². The van der Waals surface area contributed by atoms with Crippen LogP contribution in [0, 0.1) is 12.8 Å². The molecular formula is C13H21N3OS. The zero-order valence-corrected chi connectivity index (χ0v) is 11.9. The predicted molar refractivity (Wildman–Crippen MR) is 73.3 cm³/mol. The molecule has 4 nitrogen and oxygen atoms in total. The number of hydrogen-bond acceptors (Lipinski definition) is 4. The van der Waals surface area contributed by atoms with Crippen molar-refractivity contribution in [3.05, 3.63) is 16.1 Å². The van der Waals surface area contributed by atoms with E-state index in [1.54, 1.807) is 16.2 Å². The molecule has 0 radical (unpaired) electrons. The maximum atomic E-state index is 12.1. The van der Waals surface area contributed by atoms with Crippen LogP contribution in [0.3, 0.4) is 0 Å². The van der Waals surface area contributed by atoms with Gasteiger partial charge in [-0.05, 0) is 25.7 Å². The molecule has 1 aliphatic rings. The number of rotatable bonds is 4. The number of thiazole rings is 1. The van der Waals surface area contributed by atoms with Crippen molar-refractivity contribution in [3.63, 3.8) is 0 Å². The maximum Gasteiger partial charge on any atom is 0.222 e. The molecule has 0 unspecified atom stereocenters. The van der Waals surface area contributed by atoms with Gasteiger partial charge in [0.15, 0.2) is 0 Å². The quantitative estimate of drug-likeness (QED) is 0.906. The van der Waals surface area contributed by atoms with Gasteiger partial charge < -0.3 is 10.6 Å². The smallest absolute Gasteiger partial charge is 0.222 e. The van der Waals surface area contributed by atoms with E-state index >= 15 is 0 Å². The Morgan fingerprint density at radius 3 is 2.94 bits per heavy atom. The van der Waals surface area contributed by atoms with Gasteiger partial charge in [0.1, 0.15) is 0 Å². The highest BCUT2D eigenvalue weighted by atomic mass is 32.1. The average molecular weight is 267 g/mol. The average Bonchev–Trinajstić information content (AvgIpc) is 2.90. The van der Waals surface area contributed by atoms with Crippen LogP contribution in [-0.4, -0.2) is 28.9 Å². The molecule has 1 amide bonds. The summed E-state index contributed by atoms with van der Waals surface area (Å²) in [5, 5.41) is 0. The highest BCUT2D eigenvalue weighted by Crippen LogP contribution is 2.27. The van der Waals surface area contributed by atoms with Gasteiger partial charge in [-0.1, -0.05) is 6.42 Å². The molecular weight excluding hydrogens is 246 g/mol. The molecule has 100 valence electrons. The Morgan fingerprint density at radius 2 is 2.39 bits per heavy atom. The summed E-state index contributed by atoms with van der Waals surface area (Å²) >= 11 is 1.61. The number of amides is 1. The van der Waals surface area contributed by atoms with Gasteiger partial charge in [-0.2, -0.15) is 0 Å². The van der Waals surface area contributed by atoms with Gasteiger partial charge in [-0.3, -0.25) is 4.79 Å². The van der Waals surface area contributed by atoms with Crippen molar-refractivity contribution in [2.75, 3.05) is 7.05 Å². The minimum Gasteiger partial charge on any atom is -0.341 e. The fourth-order valence-electron chi connectivity index (χ4n) is 2.48. The van der Waals surface area contributed by atoms with E-state index in [9.17, 15) is 4.79 Å². The summed E-state index contributed by atoms with van der Waals surface area (Å²) in [5.41, 5.74) is 8.86. The highest BCUT2D eigenvalue weighted by Gasteiger charge is 2.27. The van der Waals surface area contributed by atoms with Crippen molar-refractivity contribution < 1.29 is 4.79 Å². The fraction of sp³-hybridized carbons (Fsp3) is 0.692. The van der Waals surface area contributed by atoms with Crippen molar-refractivity contribution in [2.24, 2.45) is 11.7 Å². The number of hydrogen-bond donors (Lipinski definition) is 1. The molecule has 1 aliphatic carbocycles. The third-order valence-electron chi connectivity index (χ3n) is 3.81. The monoisotopic (exact) mass is 267 g/mol. The zero-order valence-electron chi connectivity index (χ0n) is 11.1. The van der Waals surface area contributed by atoms with Gasteiger partial charge in [0, 0.05) is 24.4 Å². The van der Waals surface area contributed by atoms with E-state index in [0.29, 0.717) is 18.9 Å². The van der Waals surface area contributed by atoms with Crippen molar-refractivity contribution >= 4 is 17.2 Å². The molecule has 2 rings (SSSR count). The van der Waals surface area contributed by atoms with Crippen molar-refractivity contribution in [2.45, 2.75) is 45.2 Å². The number of nitrogens with zero attached hydrogens (tertiary/aromatic N) is 2. The van der Waals surface area contributed by atoms with Crippen LogP contribution in [0.15, 0.2) is 5.51 Å². The molecule has 0 aromatic carbocycles. The van der Waals surface area contributed by atoms with E-state index in [4.69, 9.17) is 5.73 Å². The van der Waals surface area contributed by atoms with Crippen LogP contribution in [0.5, 0.6) is 0 Å². The Balaban J connectivity index is 1.87. The van der Waals surface area contributed by atoms with Gasteiger partial charge in [0.25, 0.3) is 0 Å². The summed E-state index contributed by atoms with van der Waals surface area (Å²) in [6.07, 6.45) is 3.92. The lowest BCUT2D eigenvalue weighted by Crippen LogP contribution is -2.32. The molecule has 0 aliphatic heterocycles. The topological polar surface area (TPSA) is 59.2 Å². The second-order valence-electron chi connectivity index (χ2n) is 5.17. The predicted octanol–water partition coefficient (Wildman–Crippen LogP) is 1.93. The summed E-state index contributed by atoms with van der Waals surface area (Å²) in [6.45, 7) is 2.65. The van der Waals surface area contributed by atoms with Crippen LogP contribution < -0.4 is 5.73 Å². The van der Waals surface area contributed by atoms with Crippen LogP contribution in [0.25, 0.3) is 0 Å². The highest BCUT2D eigenvalue weighted by molar-refractivity contribution is 7.09. The van der Waals surface area contributed by atoms with E-state index in [2.05, 4.69) is 4.98 Å². The first-order valence-corrected chi connectivity index (χ1v) is 7.34. The van der Waals surface area contributed by atoms with Gasteiger partial charge in [0.05, 0.1) is 17.7 Å². The van der Waals surface area contributed by atoms with Gasteiger partial charge in [-0.15, -0.1) is 11.3 Å². The Hall–Kier alpha value is -0.940. The van der Waals surface area contributed by atoms with Crippen molar-refractivity contribution in [1.29, 1.82) is 0 Å². The Bertz CT molecular complexity index is 418. The second-order valence-corrected chi connectivity index (χ2v) is 6.11. The minimum absolute atomic E-state index is 0.199. The molecule has 1 aromatic rings. The van der Waals surface area contributed by atoms with E-state index in [1.165, 1.54) is 4.88 Å². The second kappa shape index (κ2) is 5.80. The molecule has 18 heavy (non-hydrogen) atoms. The standard InChI is InChI=1S/C13H21N3OS/c1-9-12(18-8-15-9)7-16(2)13(17)6-10-4-3-5-11(10)14/h8,10-11H,3-7,14H2,1-2H3/t10-,11+/m0/s1. The van der Waals surface area contributed by atoms with Crippen molar-refractivity contribution in [3.8, 4) is 0 Å². The zero-order chi connectivity index (χ0) is 13.1. The molecule has 2 N–H and O–H groups in total. The molecule has 1 heterocycles. The molecule has 0 bridgehead atoms. The summed E-state index contributed by atoms with van der Waals surface area (Å²) < 4.78 is 0. The normalized spacial score (nSPS) is 23.3. The molecule has 2 atom stereocenters. The summed E-state index contributed by atoms with van der Waals surface area (Å²) in [4.78, 5) is 19.3.